The number of halogens is 1. The molecule has 0 radical (unpaired) electrons. The van der Waals surface area contributed by atoms with Crippen LogP contribution in [0.1, 0.15) is 84.5 Å². The fourth-order valence-electron chi connectivity index (χ4n) is 7.78. The Morgan fingerprint density at radius 2 is 0.747 bits per heavy atom. The van der Waals surface area contributed by atoms with Gasteiger partial charge in [0.15, 0.2) is 0 Å². The summed E-state index contributed by atoms with van der Waals surface area (Å²) in [5.41, 5.74) is 5.11. The van der Waals surface area contributed by atoms with E-state index in [9.17, 15) is 33.9 Å². The monoisotopic (exact) mass is 1240 g/mol. The summed E-state index contributed by atoms with van der Waals surface area (Å²) < 4.78 is 37.6. The van der Waals surface area contributed by atoms with Gasteiger partial charge in [0.05, 0.1) is 55.3 Å². The molecule has 0 aliphatic rings. The van der Waals surface area contributed by atoms with Crippen molar-refractivity contribution in [2.75, 3.05) is 35.5 Å². The number of anilines is 4. The number of methoxy groups -OCH3 is 2. The zero-order valence-electron chi connectivity index (χ0n) is 49.4. The van der Waals surface area contributed by atoms with E-state index in [1.165, 1.54) is 14.2 Å². The molecule has 0 saturated heterocycles. The van der Waals surface area contributed by atoms with Gasteiger partial charge in [0.25, 0.3) is 0 Å². The molecule has 0 fully saturated rings. The number of ether oxygens (including phenoxy) is 7. The van der Waals surface area contributed by atoms with E-state index in [1.807, 2.05) is 84.0 Å². The van der Waals surface area contributed by atoms with Crippen LogP contribution in [0.4, 0.5) is 32.3 Å². The van der Waals surface area contributed by atoms with E-state index in [2.05, 4.69) is 37.2 Å². The van der Waals surface area contributed by atoms with Gasteiger partial charge in [-0.1, -0.05) is 101 Å². The zero-order valence-corrected chi connectivity index (χ0v) is 51.0. The molecule has 0 atom stereocenters. The summed E-state index contributed by atoms with van der Waals surface area (Å²) in [5.74, 6) is 1.71. The summed E-state index contributed by atoms with van der Waals surface area (Å²) in [7, 11) is 2.59. The molecule has 18 nitrogen and oxygen atoms in total. The average molecular weight is 1250 g/mol. The highest BCUT2D eigenvalue weighted by atomic mass is 79.9. The minimum atomic E-state index is -0.598. The second kappa shape index (κ2) is 32.2. The molecular weight excluding hydrogens is 1180 g/mol. The second-order valence-corrected chi connectivity index (χ2v) is 21.5. The summed E-state index contributed by atoms with van der Waals surface area (Å²) in [6.07, 6.45) is -0.687. The number of hydrogen-bond donors (Lipinski definition) is 5. The Bertz CT molecular complexity index is 3580. The van der Waals surface area contributed by atoms with Gasteiger partial charge in [-0.05, 0) is 167 Å². The van der Waals surface area contributed by atoms with Crippen LogP contribution in [0.25, 0.3) is 0 Å². The highest BCUT2D eigenvalue weighted by molar-refractivity contribution is 9.08. The first-order valence-corrected chi connectivity index (χ1v) is 28.4. The molecule has 0 heterocycles. The third-order valence-corrected chi connectivity index (χ3v) is 12.4. The van der Waals surface area contributed by atoms with Gasteiger partial charge in [-0.25, -0.2) is 19.2 Å². The van der Waals surface area contributed by atoms with Gasteiger partial charge >= 0.3 is 24.1 Å². The number of phenolic OH excluding ortho intramolecular Hbond substituents is 1. The highest BCUT2D eigenvalue weighted by Crippen LogP contribution is 2.28. The Hall–Kier alpha value is -10.1. The number of rotatable bonds is 18. The molecular formula is C68H69BrN4O14. The van der Waals surface area contributed by atoms with Gasteiger partial charge < -0.3 is 48.9 Å². The molecule has 8 aromatic rings. The summed E-state index contributed by atoms with van der Waals surface area (Å²) in [6.45, 7) is 11.2. The van der Waals surface area contributed by atoms with Gasteiger partial charge in [-0.3, -0.25) is 20.2 Å². The SMILES string of the molecule is CC(C)(C)OC(=O)Nc1ccccc1CBr.COC(=O)c1ccccc1NC(=O)Cc1ccc(Oc2ccc(O)cc2)cc1.COC(=O)c1ccccc1NC(=O)Cc1ccc(Oc2ccc(OCc3ccccc3NC(=O)OC(C)(C)C)cc2)cc1. The normalized spacial score (nSPS) is 10.6. The van der Waals surface area contributed by atoms with E-state index < -0.39 is 35.3 Å². The van der Waals surface area contributed by atoms with Gasteiger partial charge in [0.1, 0.15) is 52.3 Å². The first kappa shape index (κ1) is 66.0. The molecule has 452 valence electrons. The summed E-state index contributed by atoms with van der Waals surface area (Å²) in [5, 5.41) is 21.0. The number of amides is 4. The van der Waals surface area contributed by atoms with Crippen LogP contribution < -0.4 is 35.5 Å². The van der Waals surface area contributed by atoms with Crippen molar-refractivity contribution in [3.05, 3.63) is 228 Å². The summed E-state index contributed by atoms with van der Waals surface area (Å²) in [4.78, 5) is 72.4. The number of benzene rings is 8. The largest absolute Gasteiger partial charge is 0.508 e. The van der Waals surface area contributed by atoms with Crippen molar-refractivity contribution >= 4 is 74.6 Å². The predicted octanol–water partition coefficient (Wildman–Crippen LogP) is 15.5. The maximum Gasteiger partial charge on any atom is 0.412 e. The summed E-state index contributed by atoms with van der Waals surface area (Å²) >= 11 is 3.37. The lowest BCUT2D eigenvalue weighted by molar-refractivity contribution is -0.116. The maximum atomic E-state index is 12.6. The molecule has 5 N–H and O–H groups in total. The van der Waals surface area contributed by atoms with Crippen LogP contribution in [0.2, 0.25) is 0 Å². The van der Waals surface area contributed by atoms with Gasteiger partial charge in [-0.2, -0.15) is 0 Å². The quantitative estimate of drug-likeness (QED) is 0.0305. The molecule has 0 saturated carbocycles. The Labute approximate surface area is 514 Å². The lowest BCUT2D eigenvalue weighted by Gasteiger charge is -2.20. The molecule has 8 aromatic carbocycles. The van der Waals surface area contributed by atoms with Crippen molar-refractivity contribution in [2.24, 2.45) is 0 Å². The van der Waals surface area contributed by atoms with E-state index >= 15 is 0 Å². The maximum absolute atomic E-state index is 12.6. The van der Waals surface area contributed by atoms with E-state index in [4.69, 9.17) is 33.2 Å². The number of nitrogens with one attached hydrogen (secondary N) is 4. The predicted molar refractivity (Wildman–Crippen MR) is 337 cm³/mol. The fraction of sp³-hybridized carbons (Fsp3) is 0.206. The minimum Gasteiger partial charge on any atom is -0.508 e. The first-order valence-electron chi connectivity index (χ1n) is 27.3. The number of carbonyl (C=O) groups excluding carboxylic acids is 6. The average Bonchev–Trinajstić information content (AvgIpc) is 3.69. The van der Waals surface area contributed by atoms with E-state index in [0.29, 0.717) is 62.3 Å². The van der Waals surface area contributed by atoms with Crippen molar-refractivity contribution in [2.45, 2.75) is 77.5 Å². The highest BCUT2D eigenvalue weighted by Gasteiger charge is 2.20. The van der Waals surface area contributed by atoms with Crippen LogP contribution in [0.5, 0.6) is 34.5 Å². The molecule has 8 rings (SSSR count). The van der Waals surface area contributed by atoms with Crippen LogP contribution in [-0.2, 0) is 53.3 Å². The van der Waals surface area contributed by atoms with Crippen LogP contribution in [0, 0.1) is 0 Å². The van der Waals surface area contributed by atoms with Crippen molar-refractivity contribution < 1.29 is 67.0 Å². The molecule has 4 amide bonds. The Kier molecular flexibility index (Phi) is 24.4. The van der Waals surface area contributed by atoms with Crippen molar-refractivity contribution in [3.63, 3.8) is 0 Å². The van der Waals surface area contributed by atoms with Crippen LogP contribution in [0.15, 0.2) is 194 Å². The Morgan fingerprint density at radius 1 is 0.414 bits per heavy atom. The number of aromatic hydroxyl groups is 1. The zero-order chi connectivity index (χ0) is 62.9. The van der Waals surface area contributed by atoms with Crippen LogP contribution in [0.3, 0.4) is 0 Å². The number of alkyl halides is 1. The smallest absolute Gasteiger partial charge is 0.412 e. The molecule has 87 heavy (non-hydrogen) atoms. The van der Waals surface area contributed by atoms with Gasteiger partial charge in [0, 0.05) is 16.6 Å². The Morgan fingerprint density at radius 3 is 1.14 bits per heavy atom. The summed E-state index contributed by atoms with van der Waals surface area (Å²) in [6, 6.07) is 56.2. The first-order chi connectivity index (χ1) is 41.6. The molecule has 0 bridgehead atoms. The van der Waals surface area contributed by atoms with Crippen molar-refractivity contribution in [3.8, 4) is 34.5 Å². The van der Waals surface area contributed by atoms with Crippen LogP contribution >= 0.6 is 15.9 Å². The van der Waals surface area contributed by atoms with Crippen molar-refractivity contribution in [1.82, 2.24) is 0 Å². The van der Waals surface area contributed by atoms with Crippen molar-refractivity contribution in [1.29, 1.82) is 0 Å². The molecule has 0 aliphatic carbocycles. The lowest BCUT2D eigenvalue weighted by atomic mass is 10.1. The van der Waals surface area contributed by atoms with Gasteiger partial charge in [0.2, 0.25) is 11.8 Å². The molecule has 0 aliphatic heterocycles. The number of esters is 2. The third kappa shape index (κ3) is 22.8. The van der Waals surface area contributed by atoms with Crippen LogP contribution in [-0.4, -0.2) is 66.5 Å². The fourth-order valence-corrected chi connectivity index (χ4v) is 8.26. The number of carbonyl (C=O) groups is 6. The third-order valence-electron chi connectivity index (χ3n) is 11.8. The Balaban J connectivity index is 0.000000234. The van der Waals surface area contributed by atoms with E-state index in [-0.39, 0.29) is 37.0 Å². The number of phenols is 1. The van der Waals surface area contributed by atoms with E-state index in [1.54, 1.807) is 152 Å². The van der Waals surface area contributed by atoms with Gasteiger partial charge in [-0.15, -0.1) is 0 Å². The minimum absolute atomic E-state index is 0.123. The number of para-hydroxylation sites is 4. The topological polar surface area (TPSA) is 235 Å². The molecule has 19 heteroatoms. The standard InChI is InChI=1S/C34H34N2O7.C22H19NO5.C12H16BrNO2/c1-34(2,3)43-33(39)36-29-11-7-5-9-24(29)22-41-25-17-19-27(20-18-25)42-26-15-13-23(14-16-26)21-31(37)35-30-12-8-6-10-28(30)32(38)40-4;1-27-22(26)19-4-2-3-5-20(19)23-21(25)14-15-6-10-17(11-7-15)28-18-12-8-16(24)9-13-18;1-12(2,3)16-11(15)14-10-7-5-4-6-9(10)8-13/h5-20H,21-22H2,1-4H3,(H,35,37)(H,36,39);2-13,24H,14H2,1H3,(H,23,25);4-7H,8H2,1-3H3,(H,14,15). The number of hydrogen-bond acceptors (Lipinski definition) is 14. The molecule has 0 spiro atoms. The molecule has 0 unspecified atom stereocenters. The second-order valence-electron chi connectivity index (χ2n) is 21.0. The van der Waals surface area contributed by atoms with E-state index in [0.717, 1.165) is 27.9 Å². The molecule has 0 aromatic heterocycles. The lowest BCUT2D eigenvalue weighted by Crippen LogP contribution is -2.27.